The van der Waals surface area contributed by atoms with Crippen molar-refractivity contribution in [1.29, 1.82) is 0 Å². The Morgan fingerprint density at radius 3 is 2.56 bits per heavy atom. The fourth-order valence-electron chi connectivity index (χ4n) is 5.09. The van der Waals surface area contributed by atoms with Crippen molar-refractivity contribution in [3.63, 3.8) is 0 Å². The number of aromatic nitrogens is 2. The standard InChI is InChI=1S/C31H33N5O2S/c1-3-22-10-5-6-11-25(22)33-28(37)18-21-36-30(29(34-31(36)39)26-12-7-8-19-32-26)27-13-9-20-35(27)23-14-16-24(17-15-23)38-4-2/h5-17,19-20,29-30H,3-4,18,21H2,1-2H3,(H,33,37)(H,34,39)/t29-,30-/m0/s1. The first-order valence-electron chi connectivity index (χ1n) is 13.3. The highest BCUT2D eigenvalue weighted by Crippen LogP contribution is 2.39. The topological polar surface area (TPSA) is 71.4 Å². The van der Waals surface area contributed by atoms with Crippen LogP contribution in [0, 0.1) is 0 Å². The molecule has 0 bridgehead atoms. The van der Waals surface area contributed by atoms with Crippen molar-refractivity contribution in [2.75, 3.05) is 18.5 Å². The predicted molar refractivity (Wildman–Crippen MR) is 158 cm³/mol. The number of para-hydroxylation sites is 1. The molecule has 0 radical (unpaired) electrons. The lowest BCUT2D eigenvalue weighted by molar-refractivity contribution is -0.116. The van der Waals surface area contributed by atoms with Gasteiger partial charge in [-0.2, -0.15) is 0 Å². The van der Waals surface area contributed by atoms with E-state index < -0.39 is 0 Å². The SMILES string of the molecule is CCOc1ccc(-n2cccc2[C@H]2[C@H](c3ccccn3)NC(=S)N2CCC(=O)Nc2ccccc2CC)cc1. The first-order chi connectivity index (χ1) is 19.1. The van der Waals surface area contributed by atoms with Gasteiger partial charge >= 0.3 is 0 Å². The number of hydrogen-bond donors (Lipinski definition) is 2. The van der Waals surface area contributed by atoms with Crippen molar-refractivity contribution in [1.82, 2.24) is 19.8 Å². The number of carbonyl (C=O) groups excluding carboxylic acids is 1. The van der Waals surface area contributed by atoms with Crippen LogP contribution in [0.4, 0.5) is 5.69 Å². The highest BCUT2D eigenvalue weighted by atomic mass is 32.1. The highest BCUT2D eigenvalue weighted by molar-refractivity contribution is 7.80. The Morgan fingerprint density at radius 1 is 1.03 bits per heavy atom. The average Bonchev–Trinajstić information content (AvgIpc) is 3.57. The van der Waals surface area contributed by atoms with E-state index >= 15 is 0 Å². The summed E-state index contributed by atoms with van der Waals surface area (Å²) in [5.41, 5.74) is 4.95. The second kappa shape index (κ2) is 12.1. The molecule has 1 saturated heterocycles. The van der Waals surface area contributed by atoms with E-state index in [9.17, 15) is 4.79 Å². The first-order valence-corrected chi connectivity index (χ1v) is 13.8. The van der Waals surface area contributed by atoms with Crippen LogP contribution in [0.2, 0.25) is 0 Å². The number of nitrogens with one attached hydrogen (secondary N) is 2. The molecule has 1 amide bonds. The summed E-state index contributed by atoms with van der Waals surface area (Å²) in [5.74, 6) is 0.794. The fraction of sp³-hybridized carbons (Fsp3) is 0.258. The van der Waals surface area contributed by atoms with Gasteiger partial charge in [0.05, 0.1) is 24.4 Å². The number of nitrogens with zero attached hydrogens (tertiary/aromatic N) is 3. The van der Waals surface area contributed by atoms with Gasteiger partial charge in [0.25, 0.3) is 0 Å². The molecule has 2 atom stereocenters. The number of ether oxygens (including phenoxy) is 1. The molecule has 1 aliphatic rings. The molecule has 4 aromatic rings. The minimum absolute atomic E-state index is 0.0411. The first kappa shape index (κ1) is 26.4. The minimum Gasteiger partial charge on any atom is -0.494 e. The second-order valence-electron chi connectivity index (χ2n) is 9.36. The maximum Gasteiger partial charge on any atom is 0.226 e. The van der Waals surface area contributed by atoms with Crippen molar-refractivity contribution in [3.8, 4) is 11.4 Å². The monoisotopic (exact) mass is 539 g/mol. The van der Waals surface area contributed by atoms with E-state index in [0.29, 0.717) is 24.7 Å². The summed E-state index contributed by atoms with van der Waals surface area (Å²) in [6, 6.07) is 25.7. The molecule has 1 fully saturated rings. The number of thiocarbonyl (C=S) groups is 1. The van der Waals surface area contributed by atoms with Crippen molar-refractivity contribution >= 4 is 28.9 Å². The predicted octanol–water partition coefficient (Wildman–Crippen LogP) is 5.83. The lowest BCUT2D eigenvalue weighted by Crippen LogP contribution is -2.33. The van der Waals surface area contributed by atoms with Crippen LogP contribution in [0.15, 0.2) is 91.3 Å². The Labute approximate surface area is 234 Å². The van der Waals surface area contributed by atoms with Gasteiger partial charge in [-0.25, -0.2) is 0 Å². The molecular weight excluding hydrogens is 506 g/mol. The van der Waals surface area contributed by atoms with Gasteiger partial charge in [-0.3, -0.25) is 9.78 Å². The molecule has 0 unspecified atom stereocenters. The van der Waals surface area contributed by atoms with Crippen LogP contribution in [0.5, 0.6) is 5.75 Å². The number of rotatable bonds is 10. The molecule has 0 saturated carbocycles. The van der Waals surface area contributed by atoms with Crippen LogP contribution < -0.4 is 15.4 Å². The van der Waals surface area contributed by atoms with Gasteiger partial charge in [0, 0.05) is 42.4 Å². The van der Waals surface area contributed by atoms with E-state index in [1.54, 1.807) is 6.20 Å². The molecule has 3 heterocycles. The summed E-state index contributed by atoms with van der Waals surface area (Å²) in [7, 11) is 0. The van der Waals surface area contributed by atoms with E-state index in [2.05, 4.69) is 44.3 Å². The summed E-state index contributed by atoms with van der Waals surface area (Å²) >= 11 is 5.83. The summed E-state index contributed by atoms with van der Waals surface area (Å²) in [6.07, 6.45) is 5.00. The summed E-state index contributed by atoms with van der Waals surface area (Å²) in [5, 5.41) is 7.18. The third-order valence-electron chi connectivity index (χ3n) is 6.96. The quantitative estimate of drug-likeness (QED) is 0.247. The summed E-state index contributed by atoms with van der Waals surface area (Å²) in [6.45, 7) is 5.15. The molecule has 2 N–H and O–H groups in total. The minimum atomic E-state index is -0.168. The number of anilines is 1. The van der Waals surface area contributed by atoms with Gasteiger partial charge < -0.3 is 24.8 Å². The fourth-order valence-corrected chi connectivity index (χ4v) is 5.42. The molecule has 1 aliphatic heterocycles. The van der Waals surface area contributed by atoms with E-state index in [1.165, 1.54) is 0 Å². The lowest BCUT2D eigenvalue weighted by Gasteiger charge is -2.29. The van der Waals surface area contributed by atoms with Gasteiger partial charge in [0.1, 0.15) is 5.75 Å². The van der Waals surface area contributed by atoms with Crippen molar-refractivity contribution < 1.29 is 9.53 Å². The van der Waals surface area contributed by atoms with Gasteiger partial charge in [0.15, 0.2) is 5.11 Å². The lowest BCUT2D eigenvalue weighted by atomic mass is 10.0. The third kappa shape index (κ3) is 5.81. The zero-order chi connectivity index (χ0) is 27.2. The molecule has 7 nitrogen and oxygen atoms in total. The second-order valence-corrected chi connectivity index (χ2v) is 9.75. The zero-order valence-electron chi connectivity index (χ0n) is 22.2. The van der Waals surface area contributed by atoms with Crippen molar-refractivity contribution in [2.24, 2.45) is 0 Å². The van der Waals surface area contributed by atoms with Gasteiger partial charge in [-0.05, 0) is 85.7 Å². The average molecular weight is 540 g/mol. The van der Waals surface area contributed by atoms with E-state index in [1.807, 2.05) is 79.7 Å². The molecular formula is C31H33N5O2S. The van der Waals surface area contributed by atoms with E-state index in [4.69, 9.17) is 17.0 Å². The molecule has 200 valence electrons. The Morgan fingerprint density at radius 2 is 1.82 bits per heavy atom. The number of pyridine rings is 1. The maximum absolute atomic E-state index is 13.0. The van der Waals surface area contributed by atoms with Gasteiger partial charge in [-0.15, -0.1) is 0 Å². The largest absolute Gasteiger partial charge is 0.494 e. The molecule has 2 aromatic heterocycles. The van der Waals surface area contributed by atoms with Crippen LogP contribution in [0.1, 0.15) is 49.3 Å². The summed E-state index contributed by atoms with van der Waals surface area (Å²) < 4.78 is 7.80. The number of hydrogen-bond acceptors (Lipinski definition) is 4. The number of amides is 1. The van der Waals surface area contributed by atoms with Crippen LogP contribution in [0.3, 0.4) is 0 Å². The Kier molecular flexibility index (Phi) is 8.22. The smallest absolute Gasteiger partial charge is 0.226 e. The van der Waals surface area contributed by atoms with Gasteiger partial charge in [0.2, 0.25) is 5.91 Å². The number of aryl methyl sites for hydroxylation is 1. The number of benzene rings is 2. The normalized spacial score (nSPS) is 16.7. The maximum atomic E-state index is 13.0. The van der Waals surface area contributed by atoms with Crippen molar-refractivity contribution in [3.05, 3.63) is 108 Å². The molecule has 0 spiro atoms. The van der Waals surface area contributed by atoms with Crippen LogP contribution in [-0.2, 0) is 11.2 Å². The highest BCUT2D eigenvalue weighted by Gasteiger charge is 2.41. The van der Waals surface area contributed by atoms with Crippen molar-refractivity contribution in [2.45, 2.75) is 38.8 Å². The number of carbonyl (C=O) groups is 1. The van der Waals surface area contributed by atoms with Crippen LogP contribution >= 0.6 is 12.2 Å². The Bertz CT molecular complexity index is 1420. The Balaban J connectivity index is 1.42. The molecule has 2 aromatic carbocycles. The Hall–Kier alpha value is -4.17. The third-order valence-corrected chi connectivity index (χ3v) is 7.31. The molecule has 0 aliphatic carbocycles. The van der Waals surface area contributed by atoms with Crippen LogP contribution in [0.25, 0.3) is 5.69 Å². The molecule has 5 rings (SSSR count). The van der Waals surface area contributed by atoms with Gasteiger partial charge in [-0.1, -0.05) is 31.2 Å². The van der Waals surface area contributed by atoms with Crippen LogP contribution in [-0.4, -0.2) is 38.6 Å². The van der Waals surface area contributed by atoms with E-state index in [0.717, 1.165) is 40.5 Å². The zero-order valence-corrected chi connectivity index (χ0v) is 23.0. The summed E-state index contributed by atoms with van der Waals surface area (Å²) in [4.78, 5) is 19.8. The van der Waals surface area contributed by atoms with E-state index in [-0.39, 0.29) is 18.0 Å². The molecule has 39 heavy (non-hydrogen) atoms. The molecule has 8 heteroatoms.